The van der Waals surface area contributed by atoms with Crippen LogP contribution in [0.4, 0.5) is 0 Å². The van der Waals surface area contributed by atoms with Gasteiger partial charge in [0, 0.05) is 11.6 Å². The van der Waals surface area contributed by atoms with Crippen LogP contribution in [0.5, 0.6) is 0 Å². The van der Waals surface area contributed by atoms with Crippen LogP contribution in [0.25, 0.3) is 21.6 Å². The highest BCUT2D eigenvalue weighted by Gasteiger charge is 2.09. The second-order valence-electron chi connectivity index (χ2n) is 3.06. The molecule has 74 valence electrons. The Labute approximate surface area is 94.8 Å². The standard InChI is InChI=1S/C10H6ClN3S/c11-10-13-8(7-2-1-5-15-7)6-3-4-12-9(6)14-10/h1-5H,(H,12,13,14). The molecule has 3 heterocycles. The number of hydrogen-bond acceptors (Lipinski definition) is 3. The maximum atomic E-state index is 5.86. The maximum Gasteiger partial charge on any atom is 0.224 e. The minimum atomic E-state index is 0.272. The van der Waals surface area contributed by atoms with Crippen molar-refractivity contribution >= 4 is 34.0 Å². The molecule has 0 saturated heterocycles. The second-order valence-corrected chi connectivity index (χ2v) is 4.34. The molecule has 3 nitrogen and oxygen atoms in total. The van der Waals surface area contributed by atoms with Crippen LogP contribution in [0.2, 0.25) is 5.28 Å². The summed E-state index contributed by atoms with van der Waals surface area (Å²) in [5, 5.41) is 3.29. The van der Waals surface area contributed by atoms with Crippen molar-refractivity contribution in [2.24, 2.45) is 0 Å². The molecule has 1 N–H and O–H groups in total. The molecule has 0 fully saturated rings. The lowest BCUT2D eigenvalue weighted by Crippen LogP contribution is -1.87. The normalized spacial score (nSPS) is 11.0. The molecule has 3 aromatic rings. The number of aromatic amines is 1. The van der Waals surface area contributed by atoms with Crippen molar-refractivity contribution in [3.05, 3.63) is 35.1 Å². The largest absolute Gasteiger partial charge is 0.346 e. The van der Waals surface area contributed by atoms with Gasteiger partial charge in [0.2, 0.25) is 5.28 Å². The van der Waals surface area contributed by atoms with Gasteiger partial charge in [0.15, 0.2) is 0 Å². The van der Waals surface area contributed by atoms with Gasteiger partial charge in [0.25, 0.3) is 0 Å². The number of hydrogen-bond donors (Lipinski definition) is 1. The zero-order valence-corrected chi connectivity index (χ0v) is 9.14. The van der Waals surface area contributed by atoms with Crippen molar-refractivity contribution in [1.82, 2.24) is 15.0 Å². The Kier molecular flexibility index (Phi) is 1.97. The molecule has 0 aliphatic heterocycles. The number of halogens is 1. The number of thiophene rings is 1. The summed E-state index contributed by atoms with van der Waals surface area (Å²) in [4.78, 5) is 12.5. The minimum Gasteiger partial charge on any atom is -0.346 e. The molecule has 0 bridgehead atoms. The predicted molar refractivity (Wildman–Crippen MR) is 62.2 cm³/mol. The van der Waals surface area contributed by atoms with Gasteiger partial charge in [-0.1, -0.05) is 6.07 Å². The quantitative estimate of drug-likeness (QED) is 0.658. The van der Waals surface area contributed by atoms with E-state index in [1.54, 1.807) is 11.3 Å². The molecular weight excluding hydrogens is 230 g/mol. The summed E-state index contributed by atoms with van der Waals surface area (Å²) in [7, 11) is 0. The molecule has 5 heteroatoms. The number of aromatic nitrogens is 3. The molecule has 15 heavy (non-hydrogen) atoms. The number of nitrogens with one attached hydrogen (secondary N) is 1. The summed E-state index contributed by atoms with van der Waals surface area (Å²) in [5.74, 6) is 0. The summed E-state index contributed by atoms with van der Waals surface area (Å²) in [5.41, 5.74) is 1.67. The first kappa shape index (κ1) is 8.88. The van der Waals surface area contributed by atoms with Gasteiger partial charge in [0.05, 0.1) is 10.6 Å². The lowest BCUT2D eigenvalue weighted by atomic mass is 10.2. The Balaban J connectivity index is 2.38. The zero-order chi connectivity index (χ0) is 10.3. The van der Waals surface area contributed by atoms with Crippen molar-refractivity contribution in [2.75, 3.05) is 0 Å². The van der Waals surface area contributed by atoms with Gasteiger partial charge in [-0.15, -0.1) is 11.3 Å². The van der Waals surface area contributed by atoms with Gasteiger partial charge >= 0.3 is 0 Å². The summed E-state index contributed by atoms with van der Waals surface area (Å²) in [6.45, 7) is 0. The molecule has 0 aliphatic carbocycles. The van der Waals surface area contributed by atoms with E-state index in [0.717, 1.165) is 21.6 Å². The fraction of sp³-hybridized carbons (Fsp3) is 0. The van der Waals surface area contributed by atoms with Crippen LogP contribution < -0.4 is 0 Å². The van der Waals surface area contributed by atoms with E-state index in [1.165, 1.54) is 0 Å². The van der Waals surface area contributed by atoms with Crippen LogP contribution in [-0.4, -0.2) is 15.0 Å². The molecule has 0 amide bonds. The van der Waals surface area contributed by atoms with Crippen LogP contribution in [0.15, 0.2) is 29.8 Å². The Morgan fingerprint density at radius 3 is 3.00 bits per heavy atom. The Hall–Kier alpha value is -1.39. The highest BCUT2D eigenvalue weighted by Crippen LogP contribution is 2.29. The van der Waals surface area contributed by atoms with E-state index in [2.05, 4.69) is 15.0 Å². The minimum absolute atomic E-state index is 0.272. The lowest BCUT2D eigenvalue weighted by molar-refractivity contribution is 1.21. The van der Waals surface area contributed by atoms with Crippen molar-refractivity contribution in [3.8, 4) is 10.6 Å². The summed E-state index contributed by atoms with van der Waals surface area (Å²) < 4.78 is 0. The third kappa shape index (κ3) is 1.42. The Morgan fingerprint density at radius 1 is 1.27 bits per heavy atom. The predicted octanol–water partition coefficient (Wildman–Crippen LogP) is 3.34. The molecule has 0 unspecified atom stereocenters. The van der Waals surface area contributed by atoms with Crippen LogP contribution in [0, 0.1) is 0 Å². The SMILES string of the molecule is Clc1nc(-c2cccs2)c2cc[nH]c2n1. The van der Waals surface area contributed by atoms with Crippen LogP contribution in [0.3, 0.4) is 0 Å². The van der Waals surface area contributed by atoms with Crippen molar-refractivity contribution in [1.29, 1.82) is 0 Å². The molecule has 0 aromatic carbocycles. The number of rotatable bonds is 1. The fourth-order valence-corrected chi connectivity index (χ4v) is 2.41. The second kappa shape index (κ2) is 3.32. The van der Waals surface area contributed by atoms with Crippen molar-refractivity contribution in [3.63, 3.8) is 0 Å². The Morgan fingerprint density at radius 2 is 2.20 bits per heavy atom. The van der Waals surface area contributed by atoms with Gasteiger partial charge in [-0.2, -0.15) is 4.98 Å². The van der Waals surface area contributed by atoms with E-state index >= 15 is 0 Å². The molecule has 0 atom stereocenters. The monoisotopic (exact) mass is 235 g/mol. The van der Waals surface area contributed by atoms with Gasteiger partial charge < -0.3 is 4.98 Å². The molecule has 0 spiro atoms. The van der Waals surface area contributed by atoms with E-state index in [9.17, 15) is 0 Å². The summed E-state index contributed by atoms with van der Waals surface area (Å²) in [6, 6.07) is 5.98. The molecule has 0 aliphatic rings. The lowest BCUT2D eigenvalue weighted by Gasteiger charge is -1.99. The molecule has 0 saturated carbocycles. The first-order valence-corrected chi connectivity index (χ1v) is 5.65. The van der Waals surface area contributed by atoms with Crippen LogP contribution in [0.1, 0.15) is 0 Å². The van der Waals surface area contributed by atoms with Gasteiger partial charge in [-0.25, -0.2) is 4.98 Å². The third-order valence-corrected chi connectivity index (χ3v) is 3.19. The number of nitrogens with zero attached hydrogens (tertiary/aromatic N) is 2. The van der Waals surface area contributed by atoms with Crippen molar-refractivity contribution in [2.45, 2.75) is 0 Å². The molecular formula is C10H6ClN3S. The molecule has 3 aromatic heterocycles. The Bertz CT molecular complexity index is 600. The van der Waals surface area contributed by atoms with Crippen LogP contribution in [-0.2, 0) is 0 Å². The average Bonchev–Trinajstić information content (AvgIpc) is 2.86. The topological polar surface area (TPSA) is 41.6 Å². The van der Waals surface area contributed by atoms with Gasteiger partial charge in [0.1, 0.15) is 5.65 Å². The fourth-order valence-electron chi connectivity index (χ4n) is 1.52. The zero-order valence-electron chi connectivity index (χ0n) is 7.57. The number of fused-ring (bicyclic) bond motifs is 1. The van der Waals surface area contributed by atoms with Crippen molar-refractivity contribution < 1.29 is 0 Å². The van der Waals surface area contributed by atoms with E-state index in [1.807, 2.05) is 29.8 Å². The summed E-state index contributed by atoms with van der Waals surface area (Å²) >= 11 is 7.50. The highest BCUT2D eigenvalue weighted by atomic mass is 35.5. The van der Waals surface area contributed by atoms with E-state index in [0.29, 0.717) is 0 Å². The van der Waals surface area contributed by atoms with Crippen LogP contribution >= 0.6 is 22.9 Å². The third-order valence-electron chi connectivity index (χ3n) is 2.14. The maximum absolute atomic E-state index is 5.86. The first-order valence-electron chi connectivity index (χ1n) is 4.39. The molecule has 0 radical (unpaired) electrons. The van der Waals surface area contributed by atoms with E-state index in [4.69, 9.17) is 11.6 Å². The smallest absolute Gasteiger partial charge is 0.224 e. The van der Waals surface area contributed by atoms with E-state index in [-0.39, 0.29) is 5.28 Å². The number of H-pyrrole nitrogens is 1. The van der Waals surface area contributed by atoms with E-state index < -0.39 is 0 Å². The summed E-state index contributed by atoms with van der Waals surface area (Å²) in [6.07, 6.45) is 1.84. The van der Waals surface area contributed by atoms with Gasteiger partial charge in [-0.05, 0) is 29.1 Å². The average molecular weight is 236 g/mol. The highest BCUT2D eigenvalue weighted by molar-refractivity contribution is 7.13. The first-order chi connectivity index (χ1) is 7.34. The molecule has 3 rings (SSSR count). The van der Waals surface area contributed by atoms with Gasteiger partial charge in [-0.3, -0.25) is 0 Å².